The zero-order valence-corrected chi connectivity index (χ0v) is 29.7. The summed E-state index contributed by atoms with van der Waals surface area (Å²) < 4.78 is 40.3. The number of sulfonamides is 1. The summed E-state index contributed by atoms with van der Waals surface area (Å²) in [5, 5.41) is 3.89. The first-order valence-electron chi connectivity index (χ1n) is 15.0. The number of benzene rings is 4. The van der Waals surface area contributed by atoms with Crippen LogP contribution in [0.3, 0.4) is 0 Å². The fourth-order valence-corrected chi connectivity index (χ4v) is 6.87. The number of carbonyl (C=O) groups excluding carboxylic acids is 2. The second-order valence-electron chi connectivity index (χ2n) is 10.8. The first kappa shape index (κ1) is 36.9. The van der Waals surface area contributed by atoms with Crippen LogP contribution in [0.4, 0.5) is 5.69 Å². The first-order valence-corrected chi connectivity index (χ1v) is 17.6. The Hall–Kier alpha value is -3.96. The van der Waals surface area contributed by atoms with Crippen LogP contribution in [0.25, 0.3) is 0 Å². The van der Waals surface area contributed by atoms with Crippen LogP contribution in [0.5, 0.6) is 11.5 Å². The number of nitrogens with one attached hydrogen (secondary N) is 1. The Morgan fingerprint density at radius 3 is 2.12 bits per heavy atom. The number of amides is 2. The third kappa shape index (κ3) is 9.14. The van der Waals surface area contributed by atoms with E-state index in [2.05, 4.69) is 5.32 Å². The van der Waals surface area contributed by atoms with E-state index in [4.69, 9.17) is 44.3 Å². The minimum Gasteiger partial charge on any atom is -0.493 e. The molecule has 4 rings (SSSR count). The molecule has 0 fully saturated rings. The van der Waals surface area contributed by atoms with Gasteiger partial charge >= 0.3 is 0 Å². The molecule has 0 heterocycles. The Balaban J connectivity index is 1.83. The Labute approximate surface area is 296 Å². The topological polar surface area (TPSA) is 105 Å². The van der Waals surface area contributed by atoms with Crippen LogP contribution < -0.4 is 19.1 Å². The first-order chi connectivity index (χ1) is 23.0. The molecule has 9 nitrogen and oxygen atoms in total. The molecule has 0 saturated heterocycles. The van der Waals surface area contributed by atoms with E-state index in [9.17, 15) is 18.0 Å². The maximum absolute atomic E-state index is 14.6. The highest BCUT2D eigenvalue weighted by Crippen LogP contribution is 2.33. The van der Waals surface area contributed by atoms with Crippen molar-refractivity contribution < 1.29 is 27.5 Å². The lowest BCUT2D eigenvalue weighted by Crippen LogP contribution is -2.53. The van der Waals surface area contributed by atoms with Crippen molar-refractivity contribution in [3.8, 4) is 11.5 Å². The van der Waals surface area contributed by atoms with Gasteiger partial charge in [0.15, 0.2) is 11.5 Å². The van der Waals surface area contributed by atoms with Crippen molar-refractivity contribution in [3.05, 3.63) is 117 Å². The summed E-state index contributed by atoms with van der Waals surface area (Å²) in [6, 6.07) is 23.4. The number of hydrogen-bond donors (Lipinski definition) is 1. The van der Waals surface area contributed by atoms with Gasteiger partial charge in [0.25, 0.3) is 10.0 Å². The van der Waals surface area contributed by atoms with E-state index in [1.807, 2.05) is 37.3 Å². The average Bonchev–Trinajstić information content (AvgIpc) is 3.09. The minimum atomic E-state index is -4.39. The Kier molecular flexibility index (Phi) is 13.0. The summed E-state index contributed by atoms with van der Waals surface area (Å²) in [7, 11) is -1.55. The molecule has 0 aromatic heterocycles. The molecule has 0 saturated carbocycles. The van der Waals surface area contributed by atoms with Crippen LogP contribution in [-0.2, 0) is 32.6 Å². The molecule has 0 aliphatic rings. The van der Waals surface area contributed by atoms with Crippen LogP contribution in [0.1, 0.15) is 24.5 Å². The molecule has 0 aliphatic heterocycles. The van der Waals surface area contributed by atoms with Gasteiger partial charge in [-0.15, -0.1) is 0 Å². The molecule has 2 amide bonds. The number of hydrogen-bond acceptors (Lipinski definition) is 6. The third-order valence-corrected chi connectivity index (χ3v) is 10.3. The van der Waals surface area contributed by atoms with Gasteiger partial charge in [0.2, 0.25) is 11.8 Å². The molecule has 0 radical (unpaired) electrons. The van der Waals surface area contributed by atoms with E-state index in [0.29, 0.717) is 34.3 Å². The molecule has 1 unspecified atom stereocenters. The smallest absolute Gasteiger partial charge is 0.264 e. The lowest BCUT2D eigenvalue weighted by molar-refractivity contribution is -0.140. The van der Waals surface area contributed by atoms with Gasteiger partial charge in [-0.25, -0.2) is 8.42 Å². The van der Waals surface area contributed by atoms with E-state index < -0.39 is 28.5 Å². The summed E-state index contributed by atoms with van der Waals surface area (Å²) in [6.45, 7) is 1.61. The van der Waals surface area contributed by atoms with Gasteiger partial charge in [0.05, 0.1) is 34.8 Å². The van der Waals surface area contributed by atoms with Gasteiger partial charge < -0.3 is 19.7 Å². The van der Waals surface area contributed by atoms with Gasteiger partial charge in [-0.2, -0.15) is 0 Å². The molecule has 0 bridgehead atoms. The van der Waals surface area contributed by atoms with Crippen LogP contribution in [0, 0.1) is 0 Å². The van der Waals surface area contributed by atoms with Crippen molar-refractivity contribution in [2.75, 3.05) is 31.6 Å². The van der Waals surface area contributed by atoms with Crippen LogP contribution >= 0.6 is 34.8 Å². The largest absolute Gasteiger partial charge is 0.493 e. The number of nitrogens with zero attached hydrogens (tertiary/aromatic N) is 2. The molecule has 0 aliphatic carbocycles. The van der Waals surface area contributed by atoms with E-state index in [0.717, 1.165) is 9.87 Å². The molecule has 1 atom stereocenters. The average molecular weight is 733 g/mol. The van der Waals surface area contributed by atoms with E-state index in [1.54, 1.807) is 18.2 Å². The van der Waals surface area contributed by atoms with E-state index in [1.165, 1.54) is 61.6 Å². The molecular formula is C35H36Cl3N3O6S. The number of carbonyl (C=O) groups is 2. The number of methoxy groups -OCH3 is 2. The van der Waals surface area contributed by atoms with Crippen molar-refractivity contribution in [2.24, 2.45) is 0 Å². The Morgan fingerprint density at radius 2 is 1.50 bits per heavy atom. The van der Waals surface area contributed by atoms with Crippen molar-refractivity contribution in [2.45, 2.75) is 37.2 Å². The Bertz CT molecular complexity index is 1830. The molecule has 254 valence electrons. The summed E-state index contributed by atoms with van der Waals surface area (Å²) >= 11 is 18.7. The second-order valence-corrected chi connectivity index (χ2v) is 13.9. The molecule has 1 N–H and O–H groups in total. The zero-order valence-electron chi connectivity index (χ0n) is 26.7. The van der Waals surface area contributed by atoms with Crippen molar-refractivity contribution in [1.82, 2.24) is 10.2 Å². The SMILES string of the molecule is CCCNC(=O)C(Cc1ccccc1)N(Cc1ccc(Cl)c(Cl)c1)C(=O)CN(c1ccc(Cl)cc1)S(=O)(=O)c1ccc(OC)c(OC)c1. The van der Waals surface area contributed by atoms with E-state index in [-0.39, 0.29) is 40.2 Å². The molecule has 48 heavy (non-hydrogen) atoms. The number of anilines is 1. The molecular weight excluding hydrogens is 697 g/mol. The lowest BCUT2D eigenvalue weighted by Gasteiger charge is -2.34. The normalized spacial score (nSPS) is 11.8. The van der Waals surface area contributed by atoms with Crippen molar-refractivity contribution >= 4 is 62.3 Å². The Morgan fingerprint density at radius 1 is 0.812 bits per heavy atom. The summed E-state index contributed by atoms with van der Waals surface area (Å²) in [6.07, 6.45) is 0.852. The predicted octanol–water partition coefficient (Wildman–Crippen LogP) is 7.03. The van der Waals surface area contributed by atoms with Crippen LogP contribution in [0.15, 0.2) is 95.9 Å². The van der Waals surface area contributed by atoms with Crippen LogP contribution in [0.2, 0.25) is 15.1 Å². The fourth-order valence-electron chi connectivity index (χ4n) is 4.99. The highest BCUT2D eigenvalue weighted by molar-refractivity contribution is 7.92. The molecule has 4 aromatic carbocycles. The summed E-state index contributed by atoms with van der Waals surface area (Å²) in [5.74, 6) is -0.486. The number of ether oxygens (including phenoxy) is 2. The molecule has 0 spiro atoms. The summed E-state index contributed by atoms with van der Waals surface area (Å²) in [5.41, 5.74) is 1.60. The fraction of sp³-hybridized carbons (Fsp3) is 0.257. The maximum Gasteiger partial charge on any atom is 0.264 e. The highest BCUT2D eigenvalue weighted by Gasteiger charge is 2.35. The van der Waals surface area contributed by atoms with Crippen molar-refractivity contribution in [1.29, 1.82) is 0 Å². The molecule has 13 heteroatoms. The van der Waals surface area contributed by atoms with Crippen molar-refractivity contribution in [3.63, 3.8) is 0 Å². The lowest BCUT2D eigenvalue weighted by atomic mass is 10.0. The van der Waals surface area contributed by atoms with Gasteiger partial charge in [0, 0.05) is 30.6 Å². The standard InChI is InChI=1S/C35H36Cl3N3O6S/c1-4-18-39-35(43)31(20-24-8-6-5-7-9-24)40(22-25-10-16-29(37)30(38)19-25)34(42)23-41(27-13-11-26(36)12-14-27)48(44,45)28-15-17-32(46-2)33(21-28)47-3/h5-17,19,21,31H,4,18,20,22-23H2,1-3H3,(H,39,43). The maximum atomic E-state index is 14.6. The van der Waals surface area contributed by atoms with Crippen LogP contribution in [-0.4, -0.2) is 58.5 Å². The number of rotatable bonds is 15. The number of halogens is 3. The van der Waals surface area contributed by atoms with Gasteiger partial charge in [-0.05, 0) is 66.1 Å². The third-order valence-electron chi connectivity index (χ3n) is 7.49. The van der Waals surface area contributed by atoms with Gasteiger partial charge in [-0.3, -0.25) is 13.9 Å². The van der Waals surface area contributed by atoms with E-state index >= 15 is 0 Å². The second kappa shape index (κ2) is 16.9. The van der Waals surface area contributed by atoms with Gasteiger partial charge in [0.1, 0.15) is 12.6 Å². The van der Waals surface area contributed by atoms with Gasteiger partial charge in [-0.1, -0.05) is 78.1 Å². The molecule has 4 aromatic rings. The zero-order chi connectivity index (χ0) is 34.8. The highest BCUT2D eigenvalue weighted by atomic mass is 35.5. The predicted molar refractivity (Wildman–Crippen MR) is 190 cm³/mol. The quantitative estimate of drug-likeness (QED) is 0.141. The summed E-state index contributed by atoms with van der Waals surface area (Å²) in [4.78, 5) is 29.6. The monoisotopic (exact) mass is 731 g/mol. The minimum absolute atomic E-state index is 0.0579.